The average molecular weight is 307 g/mol. The minimum atomic E-state index is -4.10. The minimum absolute atomic E-state index is 0.126. The number of rotatable bonds is 3. The highest BCUT2D eigenvalue weighted by Crippen LogP contribution is 2.43. The summed E-state index contributed by atoms with van der Waals surface area (Å²) in [6.45, 7) is 4.80. The van der Waals surface area contributed by atoms with Crippen LogP contribution in [0.4, 0.5) is 13.2 Å². The van der Waals surface area contributed by atoms with Gasteiger partial charge >= 0.3 is 6.18 Å². The van der Waals surface area contributed by atoms with E-state index in [4.69, 9.17) is 12.2 Å². The molecule has 1 heterocycles. The molecule has 1 aliphatic rings. The van der Waals surface area contributed by atoms with E-state index < -0.39 is 12.1 Å². The van der Waals surface area contributed by atoms with Gasteiger partial charge in [0.05, 0.1) is 5.92 Å². The van der Waals surface area contributed by atoms with Crippen LogP contribution in [0.1, 0.15) is 51.3 Å². The fourth-order valence-electron chi connectivity index (χ4n) is 2.90. The highest BCUT2D eigenvalue weighted by Gasteiger charge is 2.43. The summed E-state index contributed by atoms with van der Waals surface area (Å²) in [6, 6.07) is 0. The van der Waals surface area contributed by atoms with Crippen LogP contribution in [0.2, 0.25) is 0 Å². The van der Waals surface area contributed by atoms with E-state index in [-0.39, 0.29) is 18.8 Å². The Balaban J connectivity index is 2.21. The maximum atomic E-state index is 12.9. The van der Waals surface area contributed by atoms with Gasteiger partial charge < -0.3 is 4.57 Å². The quantitative estimate of drug-likeness (QED) is 0.838. The Bertz CT molecular complexity index is 504. The molecule has 2 rings (SSSR count). The van der Waals surface area contributed by atoms with E-state index in [1.54, 1.807) is 0 Å². The third kappa shape index (κ3) is 3.42. The zero-order chi connectivity index (χ0) is 14.9. The third-order valence-corrected chi connectivity index (χ3v) is 4.15. The SMILES string of the molecule is CC(C)Cn1c(C2CCCC(C(F)(F)F)C2)n[nH]c1=S. The molecule has 0 bridgehead atoms. The first kappa shape index (κ1) is 15.5. The summed E-state index contributed by atoms with van der Waals surface area (Å²) in [5.74, 6) is -0.293. The molecule has 0 saturated heterocycles. The van der Waals surface area contributed by atoms with Gasteiger partial charge in [-0.25, -0.2) is 0 Å². The summed E-state index contributed by atoms with van der Waals surface area (Å²) in [5, 5.41) is 6.92. The summed E-state index contributed by atoms with van der Waals surface area (Å²) >= 11 is 5.19. The Kier molecular flexibility index (Phi) is 4.56. The second-order valence-electron chi connectivity index (χ2n) is 5.99. The smallest absolute Gasteiger partial charge is 0.304 e. The number of halogens is 3. The second kappa shape index (κ2) is 5.87. The molecule has 1 aliphatic carbocycles. The van der Waals surface area contributed by atoms with E-state index in [0.29, 0.717) is 29.5 Å². The lowest BCUT2D eigenvalue weighted by Gasteiger charge is -2.30. The Hall–Kier alpha value is -0.850. The van der Waals surface area contributed by atoms with Crippen LogP contribution in [0, 0.1) is 16.6 Å². The van der Waals surface area contributed by atoms with Crippen molar-refractivity contribution in [1.29, 1.82) is 0 Å². The summed E-state index contributed by atoms with van der Waals surface area (Å²) < 4.78 is 41.0. The molecule has 1 saturated carbocycles. The predicted molar refractivity (Wildman–Crippen MR) is 73.0 cm³/mol. The average Bonchev–Trinajstić information content (AvgIpc) is 2.70. The van der Waals surface area contributed by atoms with E-state index in [9.17, 15) is 13.2 Å². The van der Waals surface area contributed by atoms with E-state index in [0.717, 1.165) is 6.42 Å². The lowest BCUT2D eigenvalue weighted by atomic mass is 9.80. The van der Waals surface area contributed by atoms with Gasteiger partial charge in [0, 0.05) is 12.5 Å². The number of hydrogen-bond acceptors (Lipinski definition) is 2. The molecule has 2 atom stereocenters. The molecule has 0 radical (unpaired) electrons. The van der Waals surface area contributed by atoms with Crippen molar-refractivity contribution in [3.8, 4) is 0 Å². The van der Waals surface area contributed by atoms with Crippen LogP contribution in [0.5, 0.6) is 0 Å². The molecular weight excluding hydrogens is 287 g/mol. The van der Waals surface area contributed by atoms with Gasteiger partial charge in [-0.05, 0) is 37.4 Å². The van der Waals surface area contributed by atoms with Gasteiger partial charge in [0.15, 0.2) is 4.77 Å². The number of nitrogens with one attached hydrogen (secondary N) is 1. The first-order valence-electron chi connectivity index (χ1n) is 7.01. The standard InChI is InChI=1S/C13H20F3N3S/c1-8(2)7-19-11(17-18-12(19)20)9-4-3-5-10(6-9)13(14,15)16/h8-10H,3-7H2,1-2H3,(H,18,20). The van der Waals surface area contributed by atoms with Gasteiger partial charge in [0.2, 0.25) is 0 Å². The number of H-pyrrole nitrogens is 1. The molecule has 3 nitrogen and oxygen atoms in total. The first-order valence-corrected chi connectivity index (χ1v) is 7.41. The zero-order valence-corrected chi connectivity index (χ0v) is 12.5. The molecule has 1 N–H and O–H groups in total. The molecule has 0 amide bonds. The molecule has 114 valence electrons. The van der Waals surface area contributed by atoms with Crippen molar-refractivity contribution < 1.29 is 13.2 Å². The molecule has 1 fully saturated rings. The molecular formula is C13H20F3N3S. The largest absolute Gasteiger partial charge is 0.391 e. The highest BCUT2D eigenvalue weighted by atomic mass is 32.1. The van der Waals surface area contributed by atoms with Crippen molar-refractivity contribution in [3.63, 3.8) is 0 Å². The van der Waals surface area contributed by atoms with Crippen LogP contribution in [0.25, 0.3) is 0 Å². The molecule has 1 aromatic rings. The van der Waals surface area contributed by atoms with E-state index in [1.165, 1.54) is 0 Å². The van der Waals surface area contributed by atoms with Gasteiger partial charge in [-0.15, -0.1) is 0 Å². The highest BCUT2D eigenvalue weighted by molar-refractivity contribution is 7.71. The summed E-state index contributed by atoms with van der Waals surface area (Å²) in [4.78, 5) is 0. The first-order chi connectivity index (χ1) is 9.29. The maximum absolute atomic E-state index is 12.9. The fourth-order valence-corrected chi connectivity index (χ4v) is 3.12. The number of aromatic nitrogens is 3. The lowest BCUT2D eigenvalue weighted by molar-refractivity contribution is -0.183. The minimum Gasteiger partial charge on any atom is -0.304 e. The predicted octanol–water partition coefficient (Wildman–Crippen LogP) is 4.43. The van der Waals surface area contributed by atoms with Gasteiger partial charge in [-0.2, -0.15) is 18.3 Å². The summed E-state index contributed by atoms with van der Waals surface area (Å²) in [6.07, 6.45) is -2.40. The van der Waals surface area contributed by atoms with Crippen LogP contribution in [-0.4, -0.2) is 20.9 Å². The zero-order valence-electron chi connectivity index (χ0n) is 11.7. The van der Waals surface area contributed by atoms with E-state index in [2.05, 4.69) is 24.0 Å². The molecule has 1 aromatic heterocycles. The Labute approximate surface area is 121 Å². The van der Waals surface area contributed by atoms with Crippen LogP contribution in [-0.2, 0) is 6.54 Å². The summed E-state index contributed by atoms with van der Waals surface area (Å²) in [5.41, 5.74) is 0. The second-order valence-corrected chi connectivity index (χ2v) is 6.38. The van der Waals surface area contributed by atoms with Gasteiger partial charge in [-0.1, -0.05) is 20.3 Å². The number of hydrogen-bond donors (Lipinski definition) is 1. The van der Waals surface area contributed by atoms with Crippen molar-refractivity contribution in [2.24, 2.45) is 11.8 Å². The molecule has 20 heavy (non-hydrogen) atoms. The molecule has 0 aromatic carbocycles. The molecule has 7 heteroatoms. The van der Waals surface area contributed by atoms with Crippen molar-refractivity contribution in [1.82, 2.24) is 14.8 Å². The Morgan fingerprint density at radius 1 is 1.40 bits per heavy atom. The molecule has 0 aliphatic heterocycles. The van der Waals surface area contributed by atoms with Crippen LogP contribution >= 0.6 is 12.2 Å². The summed E-state index contributed by atoms with van der Waals surface area (Å²) in [7, 11) is 0. The van der Waals surface area contributed by atoms with Crippen molar-refractivity contribution in [2.75, 3.05) is 0 Å². The number of nitrogens with zero attached hydrogens (tertiary/aromatic N) is 2. The maximum Gasteiger partial charge on any atom is 0.391 e. The van der Waals surface area contributed by atoms with Crippen LogP contribution in [0.15, 0.2) is 0 Å². The topological polar surface area (TPSA) is 33.6 Å². The van der Waals surface area contributed by atoms with Crippen molar-refractivity contribution in [2.45, 2.75) is 58.2 Å². The van der Waals surface area contributed by atoms with E-state index in [1.807, 2.05) is 4.57 Å². The molecule has 0 spiro atoms. The fraction of sp³-hybridized carbons (Fsp3) is 0.846. The van der Waals surface area contributed by atoms with Crippen LogP contribution < -0.4 is 0 Å². The number of alkyl halides is 3. The van der Waals surface area contributed by atoms with Gasteiger partial charge in [0.1, 0.15) is 5.82 Å². The van der Waals surface area contributed by atoms with Gasteiger partial charge in [-0.3, -0.25) is 5.10 Å². The van der Waals surface area contributed by atoms with Crippen molar-refractivity contribution in [3.05, 3.63) is 10.6 Å². The van der Waals surface area contributed by atoms with Crippen molar-refractivity contribution >= 4 is 12.2 Å². The Morgan fingerprint density at radius 3 is 2.70 bits per heavy atom. The van der Waals surface area contributed by atoms with Crippen LogP contribution in [0.3, 0.4) is 0 Å². The monoisotopic (exact) mass is 307 g/mol. The van der Waals surface area contributed by atoms with E-state index >= 15 is 0 Å². The lowest BCUT2D eigenvalue weighted by Crippen LogP contribution is -2.29. The Morgan fingerprint density at radius 2 is 2.10 bits per heavy atom. The van der Waals surface area contributed by atoms with Gasteiger partial charge in [0.25, 0.3) is 0 Å². The molecule has 2 unspecified atom stereocenters. The third-order valence-electron chi connectivity index (χ3n) is 3.84. The normalized spacial score (nSPS) is 24.3. The number of aromatic amines is 1.